The summed E-state index contributed by atoms with van der Waals surface area (Å²) in [7, 11) is 1.61. The Labute approximate surface area is 110 Å². The summed E-state index contributed by atoms with van der Waals surface area (Å²) in [4.78, 5) is 11.6. The highest BCUT2D eigenvalue weighted by atomic mass is 16.5. The van der Waals surface area contributed by atoms with Gasteiger partial charge in [0.05, 0.1) is 7.11 Å². The van der Waals surface area contributed by atoms with Gasteiger partial charge in [-0.2, -0.15) is 0 Å². The molecule has 0 radical (unpaired) electrons. The highest BCUT2D eigenvalue weighted by molar-refractivity contribution is 5.88. The zero-order chi connectivity index (χ0) is 13.7. The molecule has 0 atom stereocenters. The lowest BCUT2D eigenvalue weighted by molar-refractivity contribution is 0.251. The largest absolute Gasteiger partial charge is 0.497 e. The first-order valence-corrected chi connectivity index (χ1v) is 5.78. The summed E-state index contributed by atoms with van der Waals surface area (Å²) in [6.45, 7) is 2.18. The number of carbonyl (C=O) groups is 1. The van der Waals surface area contributed by atoms with E-state index in [9.17, 15) is 4.79 Å². The van der Waals surface area contributed by atoms with Gasteiger partial charge in [-0.1, -0.05) is 17.3 Å². The maximum Gasteiger partial charge on any atom is 0.320 e. The van der Waals surface area contributed by atoms with Gasteiger partial charge in [-0.15, -0.1) is 0 Å². The minimum Gasteiger partial charge on any atom is -0.497 e. The Morgan fingerprint density at radius 3 is 2.68 bits per heavy atom. The highest BCUT2D eigenvalue weighted by Gasteiger charge is 2.05. The summed E-state index contributed by atoms with van der Waals surface area (Å²) >= 11 is 0. The molecule has 2 aromatic rings. The third-order valence-corrected chi connectivity index (χ3v) is 2.48. The van der Waals surface area contributed by atoms with Gasteiger partial charge in [0.25, 0.3) is 0 Å². The molecular formula is C13H15N3O3. The first-order chi connectivity index (χ1) is 9.17. The number of methoxy groups -OCH3 is 1. The van der Waals surface area contributed by atoms with E-state index in [1.165, 1.54) is 0 Å². The van der Waals surface area contributed by atoms with Crippen LogP contribution in [-0.4, -0.2) is 18.3 Å². The molecule has 0 unspecified atom stereocenters. The summed E-state index contributed by atoms with van der Waals surface area (Å²) in [6, 6.07) is 8.78. The van der Waals surface area contributed by atoms with E-state index < -0.39 is 0 Å². The summed E-state index contributed by atoms with van der Waals surface area (Å²) in [5.41, 5.74) is 0.979. The zero-order valence-corrected chi connectivity index (χ0v) is 10.8. The Morgan fingerprint density at radius 1 is 1.37 bits per heavy atom. The van der Waals surface area contributed by atoms with Crippen LogP contribution >= 0.6 is 0 Å². The lowest BCUT2D eigenvalue weighted by atomic mass is 10.2. The van der Waals surface area contributed by atoms with Gasteiger partial charge in [0.2, 0.25) is 0 Å². The molecule has 6 nitrogen and oxygen atoms in total. The van der Waals surface area contributed by atoms with Crippen molar-refractivity contribution < 1.29 is 14.1 Å². The van der Waals surface area contributed by atoms with E-state index in [0.717, 1.165) is 11.3 Å². The van der Waals surface area contributed by atoms with Crippen LogP contribution in [0.25, 0.3) is 0 Å². The molecule has 1 aromatic carbocycles. The van der Waals surface area contributed by atoms with Crippen molar-refractivity contribution in [2.24, 2.45) is 0 Å². The second-order valence-electron chi connectivity index (χ2n) is 3.98. The van der Waals surface area contributed by atoms with Gasteiger partial charge in [0, 0.05) is 12.6 Å². The van der Waals surface area contributed by atoms with Crippen LogP contribution in [0.15, 0.2) is 34.9 Å². The third-order valence-electron chi connectivity index (χ3n) is 2.48. The molecule has 2 rings (SSSR count). The maximum absolute atomic E-state index is 11.6. The monoisotopic (exact) mass is 261 g/mol. The number of nitrogens with one attached hydrogen (secondary N) is 2. The standard InChI is InChI=1S/C13H15N3O3/c1-9-7-12(16-19-9)15-13(17)14-8-10-3-5-11(18-2)6-4-10/h3-7H,8H2,1-2H3,(H2,14,15,16,17). The van der Waals surface area contributed by atoms with Crippen molar-refractivity contribution in [3.05, 3.63) is 41.7 Å². The summed E-state index contributed by atoms with van der Waals surface area (Å²) in [5.74, 6) is 1.82. The third kappa shape index (κ3) is 3.74. The normalized spacial score (nSPS) is 10.0. The smallest absolute Gasteiger partial charge is 0.320 e. The minimum absolute atomic E-state index is 0.330. The van der Waals surface area contributed by atoms with Crippen molar-refractivity contribution in [3.63, 3.8) is 0 Å². The molecule has 1 aromatic heterocycles. The van der Waals surface area contributed by atoms with Gasteiger partial charge in [-0.3, -0.25) is 5.32 Å². The molecule has 2 amide bonds. The van der Waals surface area contributed by atoms with E-state index in [0.29, 0.717) is 18.1 Å². The fraction of sp³-hybridized carbons (Fsp3) is 0.231. The fourth-order valence-electron chi connectivity index (χ4n) is 1.51. The number of benzene rings is 1. The number of hydrogen-bond donors (Lipinski definition) is 2. The molecule has 0 saturated heterocycles. The Morgan fingerprint density at radius 2 is 2.11 bits per heavy atom. The number of hydrogen-bond acceptors (Lipinski definition) is 4. The van der Waals surface area contributed by atoms with E-state index in [1.54, 1.807) is 20.1 Å². The van der Waals surface area contributed by atoms with Crippen LogP contribution in [0.3, 0.4) is 0 Å². The molecule has 19 heavy (non-hydrogen) atoms. The van der Waals surface area contributed by atoms with Crippen LogP contribution in [0.4, 0.5) is 10.6 Å². The van der Waals surface area contributed by atoms with Gasteiger partial charge in [-0.05, 0) is 24.6 Å². The van der Waals surface area contributed by atoms with Crippen molar-refractivity contribution in [2.75, 3.05) is 12.4 Å². The van der Waals surface area contributed by atoms with E-state index in [-0.39, 0.29) is 6.03 Å². The number of aromatic nitrogens is 1. The molecule has 0 bridgehead atoms. The van der Waals surface area contributed by atoms with Crippen LogP contribution < -0.4 is 15.4 Å². The van der Waals surface area contributed by atoms with Crippen LogP contribution in [-0.2, 0) is 6.54 Å². The number of carbonyl (C=O) groups excluding carboxylic acids is 1. The van der Waals surface area contributed by atoms with Crippen molar-refractivity contribution in [1.82, 2.24) is 10.5 Å². The first kappa shape index (κ1) is 12.9. The van der Waals surface area contributed by atoms with Crippen LogP contribution in [0, 0.1) is 6.92 Å². The lowest BCUT2D eigenvalue weighted by Crippen LogP contribution is -2.28. The first-order valence-electron chi connectivity index (χ1n) is 5.78. The fourth-order valence-corrected chi connectivity index (χ4v) is 1.51. The number of rotatable bonds is 4. The van der Waals surface area contributed by atoms with Gasteiger partial charge in [0.15, 0.2) is 5.82 Å². The molecule has 0 fully saturated rings. The van der Waals surface area contributed by atoms with Crippen molar-refractivity contribution in [1.29, 1.82) is 0 Å². The van der Waals surface area contributed by atoms with Gasteiger partial charge in [-0.25, -0.2) is 4.79 Å². The number of aryl methyl sites for hydroxylation is 1. The van der Waals surface area contributed by atoms with Gasteiger partial charge >= 0.3 is 6.03 Å². The summed E-state index contributed by atoms with van der Waals surface area (Å²) in [6.07, 6.45) is 0. The quantitative estimate of drug-likeness (QED) is 0.885. The highest BCUT2D eigenvalue weighted by Crippen LogP contribution is 2.11. The molecule has 6 heteroatoms. The molecule has 0 spiro atoms. The molecule has 2 N–H and O–H groups in total. The number of amides is 2. The second-order valence-corrected chi connectivity index (χ2v) is 3.98. The Kier molecular flexibility index (Phi) is 4.02. The van der Waals surface area contributed by atoms with Crippen LogP contribution in [0.1, 0.15) is 11.3 Å². The average Bonchev–Trinajstić information content (AvgIpc) is 2.82. The number of anilines is 1. The number of urea groups is 1. The Bertz CT molecular complexity index is 549. The average molecular weight is 261 g/mol. The predicted octanol–water partition coefficient (Wildman–Crippen LogP) is 2.31. The van der Waals surface area contributed by atoms with Gasteiger partial charge in [0.1, 0.15) is 11.5 Å². The number of nitrogens with zero attached hydrogens (tertiary/aromatic N) is 1. The summed E-state index contributed by atoms with van der Waals surface area (Å²) < 4.78 is 9.91. The second kappa shape index (κ2) is 5.90. The van der Waals surface area contributed by atoms with E-state index in [1.807, 2.05) is 24.3 Å². The van der Waals surface area contributed by atoms with Crippen molar-refractivity contribution >= 4 is 11.8 Å². The van der Waals surface area contributed by atoms with E-state index in [2.05, 4.69) is 15.8 Å². The molecular weight excluding hydrogens is 246 g/mol. The molecule has 100 valence electrons. The van der Waals surface area contributed by atoms with Crippen LogP contribution in [0.2, 0.25) is 0 Å². The lowest BCUT2D eigenvalue weighted by Gasteiger charge is -2.06. The SMILES string of the molecule is COc1ccc(CNC(=O)Nc2cc(C)on2)cc1. The van der Waals surface area contributed by atoms with Crippen molar-refractivity contribution in [3.8, 4) is 5.75 Å². The maximum atomic E-state index is 11.6. The molecule has 0 aliphatic carbocycles. The minimum atomic E-state index is -0.330. The Hall–Kier alpha value is -2.50. The predicted molar refractivity (Wildman–Crippen MR) is 70.1 cm³/mol. The summed E-state index contributed by atoms with van der Waals surface area (Å²) in [5, 5.41) is 8.97. The topological polar surface area (TPSA) is 76.4 Å². The molecule has 0 saturated carbocycles. The molecule has 0 aliphatic rings. The molecule has 1 heterocycles. The Balaban J connectivity index is 1.82. The van der Waals surface area contributed by atoms with E-state index in [4.69, 9.17) is 9.26 Å². The van der Waals surface area contributed by atoms with Gasteiger partial charge < -0.3 is 14.6 Å². The molecule has 0 aliphatic heterocycles. The number of ether oxygens (including phenoxy) is 1. The van der Waals surface area contributed by atoms with Crippen LogP contribution in [0.5, 0.6) is 5.75 Å². The van der Waals surface area contributed by atoms with E-state index >= 15 is 0 Å². The zero-order valence-electron chi connectivity index (χ0n) is 10.8. The van der Waals surface area contributed by atoms with Crippen molar-refractivity contribution in [2.45, 2.75) is 13.5 Å².